The highest BCUT2D eigenvalue weighted by Crippen LogP contribution is 2.51. The first kappa shape index (κ1) is 36.6. The van der Waals surface area contributed by atoms with Crippen LogP contribution in [0, 0.1) is 23.3 Å². The number of imidazole rings is 2. The van der Waals surface area contributed by atoms with E-state index in [1.165, 1.54) is 40.6 Å². The molecule has 4 aliphatic rings. The minimum atomic E-state index is -1.46. The van der Waals surface area contributed by atoms with Crippen LogP contribution in [0.1, 0.15) is 97.7 Å². The monoisotopic (exact) mass is 798 g/mol. The Morgan fingerprint density at radius 1 is 0.610 bits per heavy atom. The largest absolute Gasteiger partial charge is 0.367 e. The van der Waals surface area contributed by atoms with Crippen LogP contribution in [0.3, 0.4) is 0 Å². The molecule has 0 saturated carbocycles. The Balaban J connectivity index is 0.990. The lowest BCUT2D eigenvalue weighted by atomic mass is 9.79. The Labute approximate surface area is 339 Å². The second-order valence-corrected chi connectivity index (χ2v) is 17.0. The quantitative estimate of drug-likeness (QED) is 0.120. The number of nitrogens with one attached hydrogen (secondary N) is 4. The summed E-state index contributed by atoms with van der Waals surface area (Å²) in [5.74, 6) is -0.795. The normalized spacial score (nSPS) is 22.8. The molecule has 0 aliphatic carbocycles. The predicted octanol–water partition coefficient (Wildman–Crippen LogP) is 9.93. The maximum absolute atomic E-state index is 16.9. The molecule has 4 saturated heterocycles. The summed E-state index contributed by atoms with van der Waals surface area (Å²) in [5, 5.41) is 9.25. The molecule has 2 aromatic heterocycles. The standard InChI is InChI=1S/C47H46F4N8/c48-33-24-40-39(54-45(55-40)37-8-3-15-52-37)23-32(33)47(14-5-17-59(47)43-26-42-41(25-34(43)49)56-46(57-42)38-9-4-16-53-38)31-21-35(50)44(36(51)22-31)58-18-12-28(13-19-58)30-11-10-27-6-1-2-7-29(27)20-30/h1-2,6-7,10-11,20-26,28,37-38,52-53H,3-5,8-9,12-19H2,(H,54,55)(H,56,57)/t37-,38-,47+/m0/s1. The Hall–Kier alpha value is -5.46. The van der Waals surface area contributed by atoms with Crippen LogP contribution in [-0.2, 0) is 5.54 Å². The van der Waals surface area contributed by atoms with Gasteiger partial charge in [0.15, 0.2) is 0 Å². The number of fused-ring (bicyclic) bond motifs is 3. The Morgan fingerprint density at radius 3 is 1.95 bits per heavy atom. The zero-order chi connectivity index (χ0) is 39.8. The van der Waals surface area contributed by atoms with Crippen molar-refractivity contribution in [1.29, 1.82) is 0 Å². The van der Waals surface area contributed by atoms with Gasteiger partial charge >= 0.3 is 0 Å². The van der Waals surface area contributed by atoms with E-state index in [1.807, 2.05) is 12.1 Å². The van der Waals surface area contributed by atoms with Gasteiger partial charge in [0, 0.05) is 37.3 Å². The third-order valence-corrected chi connectivity index (χ3v) is 13.6. The molecule has 0 radical (unpaired) electrons. The van der Waals surface area contributed by atoms with Crippen LogP contribution in [0.4, 0.5) is 28.9 Å². The zero-order valence-corrected chi connectivity index (χ0v) is 32.7. The number of hydrogen-bond donors (Lipinski definition) is 4. The molecule has 0 unspecified atom stereocenters. The van der Waals surface area contributed by atoms with E-state index in [2.05, 4.69) is 50.9 Å². The zero-order valence-electron chi connectivity index (χ0n) is 32.7. The third-order valence-electron chi connectivity index (χ3n) is 13.6. The smallest absolute Gasteiger partial charge is 0.149 e. The van der Waals surface area contributed by atoms with E-state index in [1.54, 1.807) is 21.9 Å². The van der Waals surface area contributed by atoms with Gasteiger partial charge < -0.3 is 30.4 Å². The van der Waals surface area contributed by atoms with Crippen molar-refractivity contribution >= 4 is 44.2 Å². The molecule has 4 aliphatic heterocycles. The number of benzene rings is 5. The van der Waals surface area contributed by atoms with E-state index in [0.717, 1.165) is 63.3 Å². The van der Waals surface area contributed by atoms with Gasteiger partial charge in [-0.2, -0.15) is 0 Å². The molecular formula is C47H46F4N8. The second kappa shape index (κ2) is 14.4. The number of nitrogens with zero attached hydrogens (tertiary/aromatic N) is 4. The Kier molecular flexibility index (Phi) is 8.92. The van der Waals surface area contributed by atoms with Crippen molar-refractivity contribution in [2.24, 2.45) is 0 Å². The lowest BCUT2D eigenvalue weighted by Gasteiger charge is -2.42. The number of hydrogen-bond acceptors (Lipinski definition) is 6. The van der Waals surface area contributed by atoms with E-state index in [0.29, 0.717) is 54.5 Å². The van der Waals surface area contributed by atoms with Crippen molar-refractivity contribution in [2.75, 3.05) is 42.5 Å². The van der Waals surface area contributed by atoms with Gasteiger partial charge in [0.2, 0.25) is 0 Å². The van der Waals surface area contributed by atoms with Crippen molar-refractivity contribution in [2.45, 2.75) is 74.9 Å². The van der Waals surface area contributed by atoms with E-state index in [9.17, 15) is 0 Å². The molecular weight excluding hydrogens is 753 g/mol. The number of rotatable bonds is 7. The fraction of sp³-hybridized carbons (Fsp3) is 0.362. The highest BCUT2D eigenvalue weighted by molar-refractivity contribution is 5.84. The lowest BCUT2D eigenvalue weighted by Crippen LogP contribution is -2.44. The maximum atomic E-state index is 16.9. The summed E-state index contributed by atoms with van der Waals surface area (Å²) in [6, 6.07) is 23.8. The van der Waals surface area contributed by atoms with Gasteiger partial charge in [0.25, 0.3) is 0 Å². The van der Waals surface area contributed by atoms with Crippen LogP contribution in [0.2, 0.25) is 0 Å². The molecule has 59 heavy (non-hydrogen) atoms. The first-order valence-electron chi connectivity index (χ1n) is 21.2. The fourth-order valence-electron chi connectivity index (χ4n) is 10.7. The molecule has 6 heterocycles. The SMILES string of the molecule is Fc1cc2[nH]c([C@@H]3CCCN3)nc2cc1N1CCC[C@@]1(c1cc(F)c(N2CCC(c3ccc4ccccc4c3)CC2)c(F)c1)c1cc2[nH]c([C@@H]3CCCN3)nc2cc1F. The molecule has 0 spiro atoms. The van der Waals surface area contributed by atoms with E-state index in [-0.39, 0.29) is 40.5 Å². The Morgan fingerprint density at radius 2 is 1.27 bits per heavy atom. The van der Waals surface area contributed by atoms with E-state index in [4.69, 9.17) is 9.97 Å². The first-order valence-corrected chi connectivity index (χ1v) is 21.2. The van der Waals surface area contributed by atoms with Crippen molar-refractivity contribution in [3.8, 4) is 0 Å². The molecule has 0 bridgehead atoms. The van der Waals surface area contributed by atoms with Crippen LogP contribution in [0.25, 0.3) is 32.8 Å². The summed E-state index contributed by atoms with van der Waals surface area (Å²) in [4.78, 5) is 19.9. The average Bonchev–Trinajstić information content (AvgIpc) is 4.10. The molecule has 5 aromatic carbocycles. The van der Waals surface area contributed by atoms with Crippen LogP contribution < -0.4 is 20.4 Å². The molecule has 4 N–H and O–H groups in total. The summed E-state index contributed by atoms with van der Waals surface area (Å²) < 4.78 is 67.1. The van der Waals surface area contributed by atoms with Crippen molar-refractivity contribution in [3.63, 3.8) is 0 Å². The summed E-state index contributed by atoms with van der Waals surface area (Å²) in [6.07, 6.45) is 6.19. The molecule has 7 aromatic rings. The van der Waals surface area contributed by atoms with Crippen LogP contribution in [-0.4, -0.2) is 52.7 Å². The third kappa shape index (κ3) is 6.17. The van der Waals surface area contributed by atoms with Gasteiger partial charge in [0.1, 0.15) is 40.6 Å². The topological polar surface area (TPSA) is 87.9 Å². The molecule has 4 fully saturated rings. The van der Waals surface area contributed by atoms with Gasteiger partial charge in [-0.1, -0.05) is 42.5 Å². The van der Waals surface area contributed by atoms with Crippen LogP contribution in [0.5, 0.6) is 0 Å². The number of aromatic nitrogens is 4. The highest BCUT2D eigenvalue weighted by Gasteiger charge is 2.48. The first-order chi connectivity index (χ1) is 28.8. The molecule has 3 atom stereocenters. The van der Waals surface area contributed by atoms with Crippen molar-refractivity contribution in [3.05, 3.63) is 130 Å². The minimum absolute atomic E-state index is 0.0261. The molecule has 8 nitrogen and oxygen atoms in total. The molecule has 0 amide bonds. The second-order valence-electron chi connectivity index (χ2n) is 17.0. The van der Waals surface area contributed by atoms with Crippen molar-refractivity contribution in [1.82, 2.24) is 30.6 Å². The summed E-state index contributed by atoms with van der Waals surface area (Å²) in [7, 11) is 0. The summed E-state index contributed by atoms with van der Waals surface area (Å²) >= 11 is 0. The van der Waals surface area contributed by atoms with Gasteiger partial charge in [-0.25, -0.2) is 27.5 Å². The number of H-pyrrole nitrogens is 2. The average molecular weight is 799 g/mol. The number of halogens is 4. The number of piperidine rings is 1. The van der Waals surface area contributed by atoms with Gasteiger partial charge in [-0.15, -0.1) is 0 Å². The molecule has 11 rings (SSSR count). The Bertz CT molecular complexity index is 2700. The molecule has 302 valence electrons. The van der Waals surface area contributed by atoms with Gasteiger partial charge in [-0.3, -0.25) is 0 Å². The highest BCUT2D eigenvalue weighted by atomic mass is 19.1. The summed E-state index contributed by atoms with van der Waals surface area (Å²) in [5.41, 5.74) is 2.54. The van der Waals surface area contributed by atoms with Gasteiger partial charge in [-0.05, 0) is 117 Å². The molecule has 12 heteroatoms. The van der Waals surface area contributed by atoms with E-state index >= 15 is 17.6 Å². The number of anilines is 2. The van der Waals surface area contributed by atoms with Crippen LogP contribution >= 0.6 is 0 Å². The number of aromatic amines is 2. The minimum Gasteiger partial charge on any atom is -0.367 e. The maximum Gasteiger partial charge on any atom is 0.149 e. The fourth-order valence-corrected chi connectivity index (χ4v) is 10.7. The van der Waals surface area contributed by atoms with Crippen LogP contribution in [0.15, 0.2) is 78.9 Å². The van der Waals surface area contributed by atoms with Crippen molar-refractivity contribution < 1.29 is 17.6 Å². The van der Waals surface area contributed by atoms with Gasteiger partial charge in [0.05, 0.1) is 45.4 Å². The summed E-state index contributed by atoms with van der Waals surface area (Å²) in [6.45, 7) is 3.06. The van der Waals surface area contributed by atoms with E-state index < -0.39 is 28.8 Å². The predicted molar refractivity (Wildman–Crippen MR) is 224 cm³/mol. The lowest BCUT2D eigenvalue weighted by molar-refractivity contribution is 0.469.